The SMILES string of the molecule is NC(CC1OCCc2ccccc21)c1csnn1. The van der Waals surface area contributed by atoms with Gasteiger partial charge < -0.3 is 10.5 Å². The molecule has 4 nitrogen and oxygen atoms in total. The largest absolute Gasteiger partial charge is 0.373 e. The maximum Gasteiger partial charge on any atom is 0.0923 e. The highest BCUT2D eigenvalue weighted by atomic mass is 32.1. The monoisotopic (exact) mass is 261 g/mol. The Hall–Kier alpha value is -1.30. The van der Waals surface area contributed by atoms with Gasteiger partial charge in [-0.05, 0) is 35.5 Å². The van der Waals surface area contributed by atoms with Gasteiger partial charge in [0.05, 0.1) is 24.4 Å². The van der Waals surface area contributed by atoms with E-state index in [1.807, 2.05) is 5.38 Å². The Labute approximate surface area is 110 Å². The number of aromatic nitrogens is 2. The Morgan fingerprint density at radius 3 is 3.17 bits per heavy atom. The Morgan fingerprint density at radius 1 is 1.44 bits per heavy atom. The number of fused-ring (bicyclic) bond motifs is 1. The van der Waals surface area contributed by atoms with E-state index >= 15 is 0 Å². The maximum atomic E-state index is 6.15. The Morgan fingerprint density at radius 2 is 2.33 bits per heavy atom. The van der Waals surface area contributed by atoms with Crippen LogP contribution < -0.4 is 5.73 Å². The van der Waals surface area contributed by atoms with Crippen molar-refractivity contribution in [1.29, 1.82) is 0 Å². The molecular weight excluding hydrogens is 246 g/mol. The molecule has 0 amide bonds. The van der Waals surface area contributed by atoms with Crippen molar-refractivity contribution in [3.63, 3.8) is 0 Å². The zero-order valence-electron chi connectivity index (χ0n) is 9.95. The van der Waals surface area contributed by atoms with E-state index in [0.717, 1.165) is 25.1 Å². The van der Waals surface area contributed by atoms with Gasteiger partial charge in [0.25, 0.3) is 0 Å². The number of hydrogen-bond donors (Lipinski definition) is 1. The molecule has 94 valence electrons. The molecule has 2 aromatic rings. The van der Waals surface area contributed by atoms with E-state index in [1.54, 1.807) is 0 Å². The normalized spacial score (nSPS) is 20.4. The first kappa shape index (κ1) is 11.8. The summed E-state index contributed by atoms with van der Waals surface area (Å²) in [5.74, 6) is 0. The molecule has 1 aromatic carbocycles. The summed E-state index contributed by atoms with van der Waals surface area (Å²) >= 11 is 1.33. The first-order valence-corrected chi connectivity index (χ1v) is 6.90. The van der Waals surface area contributed by atoms with E-state index < -0.39 is 0 Å². The van der Waals surface area contributed by atoms with E-state index in [-0.39, 0.29) is 12.1 Å². The summed E-state index contributed by atoms with van der Waals surface area (Å²) in [6, 6.07) is 8.31. The lowest BCUT2D eigenvalue weighted by Gasteiger charge is -2.27. The molecule has 2 unspecified atom stereocenters. The Balaban J connectivity index is 1.78. The first-order valence-electron chi connectivity index (χ1n) is 6.06. The number of hydrogen-bond acceptors (Lipinski definition) is 5. The van der Waals surface area contributed by atoms with Gasteiger partial charge in [0.15, 0.2) is 0 Å². The van der Waals surface area contributed by atoms with E-state index in [9.17, 15) is 0 Å². The number of nitrogens with zero attached hydrogens (tertiary/aromatic N) is 2. The summed E-state index contributed by atoms with van der Waals surface area (Å²) in [7, 11) is 0. The predicted octanol–water partition coefficient (Wildman–Crippen LogP) is 2.24. The molecule has 0 saturated carbocycles. The molecule has 0 fully saturated rings. The van der Waals surface area contributed by atoms with Gasteiger partial charge in [-0.1, -0.05) is 28.8 Å². The summed E-state index contributed by atoms with van der Waals surface area (Å²) in [5.41, 5.74) is 9.64. The molecule has 1 aliphatic rings. The third-order valence-corrected chi connectivity index (χ3v) is 3.84. The maximum absolute atomic E-state index is 6.15. The highest BCUT2D eigenvalue weighted by Gasteiger charge is 2.24. The molecule has 0 radical (unpaired) electrons. The molecule has 0 saturated heterocycles. The van der Waals surface area contributed by atoms with Crippen LogP contribution in [0.2, 0.25) is 0 Å². The van der Waals surface area contributed by atoms with Gasteiger partial charge in [0, 0.05) is 5.38 Å². The molecule has 2 heterocycles. The van der Waals surface area contributed by atoms with E-state index in [1.165, 1.54) is 22.7 Å². The molecule has 3 rings (SSSR count). The fraction of sp³-hybridized carbons (Fsp3) is 0.385. The van der Waals surface area contributed by atoms with Crippen LogP contribution in [0.15, 0.2) is 29.6 Å². The topological polar surface area (TPSA) is 61.0 Å². The van der Waals surface area contributed by atoms with Crippen molar-refractivity contribution >= 4 is 11.5 Å². The lowest BCUT2D eigenvalue weighted by Crippen LogP contribution is -2.21. The van der Waals surface area contributed by atoms with Crippen LogP contribution in [0.4, 0.5) is 0 Å². The standard InChI is InChI=1S/C13H15N3OS/c14-11(12-8-18-16-15-12)7-13-10-4-2-1-3-9(10)5-6-17-13/h1-4,8,11,13H,5-7,14H2. The van der Waals surface area contributed by atoms with Crippen molar-refractivity contribution in [1.82, 2.24) is 9.59 Å². The highest BCUT2D eigenvalue weighted by Crippen LogP contribution is 2.33. The molecule has 0 spiro atoms. The molecule has 1 aliphatic heterocycles. The highest BCUT2D eigenvalue weighted by molar-refractivity contribution is 7.03. The van der Waals surface area contributed by atoms with Gasteiger partial charge in [-0.15, -0.1) is 5.10 Å². The second-order valence-electron chi connectivity index (χ2n) is 4.48. The fourth-order valence-corrected chi connectivity index (χ4v) is 2.88. The Kier molecular flexibility index (Phi) is 3.36. The first-order chi connectivity index (χ1) is 8.84. The van der Waals surface area contributed by atoms with Gasteiger partial charge in [-0.3, -0.25) is 0 Å². The van der Waals surface area contributed by atoms with Crippen molar-refractivity contribution < 1.29 is 4.74 Å². The van der Waals surface area contributed by atoms with Crippen LogP contribution in [-0.4, -0.2) is 16.2 Å². The average molecular weight is 261 g/mol. The third kappa shape index (κ3) is 2.29. The minimum Gasteiger partial charge on any atom is -0.373 e. The zero-order chi connectivity index (χ0) is 12.4. The van der Waals surface area contributed by atoms with Gasteiger partial charge in [-0.25, -0.2) is 0 Å². The summed E-state index contributed by atoms with van der Waals surface area (Å²) in [6.45, 7) is 0.768. The number of ether oxygens (including phenoxy) is 1. The van der Waals surface area contributed by atoms with Crippen LogP contribution >= 0.6 is 11.5 Å². The van der Waals surface area contributed by atoms with Gasteiger partial charge in [0.1, 0.15) is 0 Å². The molecule has 5 heteroatoms. The lowest BCUT2D eigenvalue weighted by atomic mass is 9.93. The second-order valence-corrected chi connectivity index (χ2v) is 5.09. The van der Waals surface area contributed by atoms with Crippen molar-refractivity contribution in [2.75, 3.05) is 6.61 Å². The van der Waals surface area contributed by atoms with E-state index in [0.29, 0.717) is 0 Å². The van der Waals surface area contributed by atoms with Crippen LogP contribution in [0.1, 0.15) is 35.4 Å². The van der Waals surface area contributed by atoms with Crippen LogP contribution in [0.5, 0.6) is 0 Å². The smallest absolute Gasteiger partial charge is 0.0923 e. The Bertz CT molecular complexity index is 515. The summed E-state index contributed by atoms with van der Waals surface area (Å²) in [4.78, 5) is 0. The van der Waals surface area contributed by atoms with Gasteiger partial charge in [0.2, 0.25) is 0 Å². The second kappa shape index (κ2) is 5.14. The van der Waals surface area contributed by atoms with Crippen molar-refractivity contribution in [2.24, 2.45) is 5.73 Å². The molecular formula is C13H15N3OS. The zero-order valence-corrected chi connectivity index (χ0v) is 10.8. The minimum absolute atomic E-state index is 0.0756. The molecule has 2 atom stereocenters. The van der Waals surface area contributed by atoms with E-state index in [4.69, 9.17) is 10.5 Å². The molecule has 0 bridgehead atoms. The lowest BCUT2D eigenvalue weighted by molar-refractivity contribution is 0.0317. The van der Waals surface area contributed by atoms with Crippen LogP contribution in [0.25, 0.3) is 0 Å². The molecule has 0 aliphatic carbocycles. The third-order valence-electron chi connectivity index (χ3n) is 3.32. The van der Waals surface area contributed by atoms with Crippen molar-refractivity contribution in [3.05, 3.63) is 46.5 Å². The minimum atomic E-state index is -0.111. The quantitative estimate of drug-likeness (QED) is 0.920. The van der Waals surface area contributed by atoms with Crippen LogP contribution in [0.3, 0.4) is 0 Å². The van der Waals surface area contributed by atoms with Crippen molar-refractivity contribution in [3.8, 4) is 0 Å². The van der Waals surface area contributed by atoms with Crippen molar-refractivity contribution in [2.45, 2.75) is 25.0 Å². The molecule has 2 N–H and O–H groups in total. The number of rotatable bonds is 3. The average Bonchev–Trinajstić information content (AvgIpc) is 2.93. The summed E-state index contributed by atoms with van der Waals surface area (Å²) < 4.78 is 9.70. The summed E-state index contributed by atoms with van der Waals surface area (Å²) in [5, 5.41) is 5.93. The number of nitrogens with two attached hydrogens (primary N) is 1. The van der Waals surface area contributed by atoms with Gasteiger partial charge >= 0.3 is 0 Å². The van der Waals surface area contributed by atoms with Crippen LogP contribution in [0, 0.1) is 0 Å². The summed E-state index contributed by atoms with van der Waals surface area (Å²) in [6.07, 6.45) is 1.81. The predicted molar refractivity (Wildman–Crippen MR) is 70.3 cm³/mol. The van der Waals surface area contributed by atoms with Gasteiger partial charge in [-0.2, -0.15) is 0 Å². The van der Waals surface area contributed by atoms with E-state index in [2.05, 4.69) is 33.9 Å². The van der Waals surface area contributed by atoms with Crippen LogP contribution in [-0.2, 0) is 11.2 Å². The molecule has 1 aromatic heterocycles. The number of benzene rings is 1. The molecule has 18 heavy (non-hydrogen) atoms. The fourth-order valence-electron chi connectivity index (χ4n) is 2.36.